The predicted octanol–water partition coefficient (Wildman–Crippen LogP) is 0.213. The third-order valence-corrected chi connectivity index (χ3v) is 2.42. The molecule has 88 valence electrons. The second-order valence-electron chi connectivity index (χ2n) is 3.55. The summed E-state index contributed by atoms with van der Waals surface area (Å²) in [4.78, 5) is 10.9. The Kier molecular flexibility index (Phi) is 2.78. The minimum Gasteiger partial charge on any atom is -0.539 e. The summed E-state index contributed by atoms with van der Waals surface area (Å²) in [6, 6.07) is 8.75. The minimum atomic E-state index is -1.10. The summed E-state index contributed by atoms with van der Waals surface area (Å²) >= 11 is 0. The van der Waals surface area contributed by atoms with Crippen LogP contribution in [0.15, 0.2) is 34.9 Å². The number of hydrogen-bond acceptors (Lipinski definition) is 4. The first-order chi connectivity index (χ1) is 8.11. The molecule has 6 nitrogen and oxygen atoms in total. The first kappa shape index (κ1) is 11.1. The van der Waals surface area contributed by atoms with E-state index in [4.69, 9.17) is 5.11 Å². The van der Waals surface area contributed by atoms with E-state index in [1.165, 1.54) is 11.6 Å². The van der Waals surface area contributed by atoms with E-state index in [1.807, 2.05) is 6.07 Å². The molecule has 1 atom stereocenters. The van der Waals surface area contributed by atoms with E-state index in [-0.39, 0.29) is 5.69 Å². The van der Waals surface area contributed by atoms with E-state index < -0.39 is 17.8 Å². The molecule has 0 spiro atoms. The molecule has 6 heteroatoms. The summed E-state index contributed by atoms with van der Waals surface area (Å²) in [5.41, 5.74) is 0.588. The standard InChI is InChI=1S/C11H10N2O4/c1-7(10(14)15)9-11(16)17-12-13(9)8-5-3-2-4-6-8/h2-7H,1H3,(H-,12,14,15,16). The Labute approximate surface area is 96.7 Å². The summed E-state index contributed by atoms with van der Waals surface area (Å²) in [6.07, 6.45) is 0. The highest BCUT2D eigenvalue weighted by Gasteiger charge is 2.30. The van der Waals surface area contributed by atoms with Gasteiger partial charge >= 0.3 is 5.97 Å². The number of para-hydroxylation sites is 1. The molecule has 0 fully saturated rings. The van der Waals surface area contributed by atoms with Gasteiger partial charge in [0.2, 0.25) is 5.69 Å². The Bertz CT molecular complexity index is 536. The number of rotatable bonds is 3. The molecular formula is C11H10N2O4. The van der Waals surface area contributed by atoms with Crippen LogP contribution in [0.5, 0.6) is 5.95 Å². The van der Waals surface area contributed by atoms with E-state index in [9.17, 15) is 9.90 Å². The maximum atomic E-state index is 11.4. The van der Waals surface area contributed by atoms with Crippen molar-refractivity contribution in [3.05, 3.63) is 36.0 Å². The molecule has 0 aliphatic rings. The Hall–Kier alpha value is -2.37. The number of aromatic nitrogens is 2. The highest BCUT2D eigenvalue weighted by atomic mass is 16.6. The number of carbonyl (C=O) groups is 1. The van der Waals surface area contributed by atoms with Gasteiger partial charge in [0.1, 0.15) is 5.92 Å². The summed E-state index contributed by atoms with van der Waals surface area (Å²) in [6.45, 7) is 1.41. The van der Waals surface area contributed by atoms with E-state index in [0.717, 1.165) is 0 Å². The largest absolute Gasteiger partial charge is 0.539 e. The van der Waals surface area contributed by atoms with Crippen molar-refractivity contribution >= 4 is 5.97 Å². The van der Waals surface area contributed by atoms with E-state index >= 15 is 0 Å². The predicted molar refractivity (Wildman–Crippen MR) is 53.5 cm³/mol. The molecular weight excluding hydrogens is 224 g/mol. The van der Waals surface area contributed by atoms with Crippen LogP contribution in [0.2, 0.25) is 0 Å². The average molecular weight is 234 g/mol. The van der Waals surface area contributed by atoms with Gasteiger partial charge in [-0.1, -0.05) is 18.2 Å². The van der Waals surface area contributed by atoms with Crippen LogP contribution in [0, 0.1) is 0 Å². The second-order valence-corrected chi connectivity index (χ2v) is 3.55. The lowest BCUT2D eigenvalue weighted by Gasteiger charge is -2.01. The molecule has 0 bridgehead atoms. The highest BCUT2D eigenvalue weighted by molar-refractivity contribution is 5.74. The zero-order valence-electron chi connectivity index (χ0n) is 9.03. The monoisotopic (exact) mass is 234 g/mol. The lowest BCUT2D eigenvalue weighted by Crippen LogP contribution is -2.39. The number of hydrogen-bond donors (Lipinski definition) is 1. The molecule has 1 heterocycles. The van der Waals surface area contributed by atoms with Gasteiger partial charge in [0.05, 0.1) is 5.27 Å². The quantitative estimate of drug-likeness (QED) is 0.767. The molecule has 0 amide bonds. The Morgan fingerprint density at radius 1 is 1.47 bits per heavy atom. The van der Waals surface area contributed by atoms with Crippen molar-refractivity contribution in [2.24, 2.45) is 0 Å². The molecule has 1 N–H and O–H groups in total. The van der Waals surface area contributed by atoms with E-state index in [2.05, 4.69) is 9.79 Å². The van der Waals surface area contributed by atoms with Crippen molar-refractivity contribution in [2.75, 3.05) is 0 Å². The molecule has 1 unspecified atom stereocenters. The van der Waals surface area contributed by atoms with Gasteiger partial charge in [-0.2, -0.15) is 0 Å². The van der Waals surface area contributed by atoms with Crippen LogP contribution in [0.4, 0.5) is 0 Å². The third kappa shape index (κ3) is 1.96. The molecule has 0 radical (unpaired) electrons. The molecule has 0 aliphatic heterocycles. The average Bonchev–Trinajstić information content (AvgIpc) is 2.71. The van der Waals surface area contributed by atoms with Gasteiger partial charge in [0.25, 0.3) is 5.69 Å². The topological polar surface area (TPSA) is 90.3 Å². The maximum Gasteiger partial charge on any atom is 0.317 e. The van der Waals surface area contributed by atoms with Crippen LogP contribution in [0.25, 0.3) is 5.69 Å². The van der Waals surface area contributed by atoms with Crippen molar-refractivity contribution in [1.82, 2.24) is 5.27 Å². The Morgan fingerprint density at radius 2 is 2.12 bits per heavy atom. The third-order valence-electron chi connectivity index (χ3n) is 2.42. The van der Waals surface area contributed by atoms with Gasteiger partial charge in [-0.3, -0.25) is 4.79 Å². The first-order valence-electron chi connectivity index (χ1n) is 4.98. The molecule has 1 aromatic heterocycles. The number of nitrogens with zero attached hydrogens (tertiary/aromatic N) is 2. The van der Waals surface area contributed by atoms with Gasteiger partial charge in [0.15, 0.2) is 5.95 Å². The molecule has 1 aromatic carbocycles. The van der Waals surface area contributed by atoms with Crippen LogP contribution < -0.4 is 9.79 Å². The fourth-order valence-electron chi connectivity index (χ4n) is 1.49. The lowest BCUT2D eigenvalue weighted by atomic mass is 10.1. The molecule has 0 saturated carbocycles. The zero-order valence-corrected chi connectivity index (χ0v) is 9.03. The molecule has 17 heavy (non-hydrogen) atoms. The van der Waals surface area contributed by atoms with Crippen LogP contribution in [0.1, 0.15) is 18.5 Å². The lowest BCUT2D eigenvalue weighted by molar-refractivity contribution is -0.678. The summed E-state index contributed by atoms with van der Waals surface area (Å²) < 4.78 is 5.72. The van der Waals surface area contributed by atoms with Crippen molar-refractivity contribution in [2.45, 2.75) is 12.8 Å². The van der Waals surface area contributed by atoms with Crippen molar-refractivity contribution in [3.63, 3.8) is 0 Å². The van der Waals surface area contributed by atoms with Crippen LogP contribution in [-0.4, -0.2) is 16.3 Å². The number of carboxylic acids is 1. The molecule has 2 aromatic rings. The number of benzene rings is 1. The summed E-state index contributed by atoms with van der Waals surface area (Å²) in [5, 5.41) is 23.9. The van der Waals surface area contributed by atoms with Gasteiger partial charge in [-0.15, -0.1) is 0 Å². The normalized spacial score (nSPS) is 12.3. The second kappa shape index (κ2) is 4.25. The van der Waals surface area contributed by atoms with Gasteiger partial charge in [-0.05, 0) is 11.6 Å². The maximum absolute atomic E-state index is 11.4. The van der Waals surface area contributed by atoms with Crippen molar-refractivity contribution < 1.29 is 24.2 Å². The van der Waals surface area contributed by atoms with E-state index in [0.29, 0.717) is 5.69 Å². The minimum absolute atomic E-state index is 0.00343. The first-order valence-corrected chi connectivity index (χ1v) is 4.98. The molecule has 0 aliphatic carbocycles. The fourth-order valence-corrected chi connectivity index (χ4v) is 1.49. The zero-order chi connectivity index (χ0) is 12.4. The Balaban J connectivity index is 2.54. The number of aliphatic carboxylic acids is 1. The fraction of sp³-hybridized carbons (Fsp3) is 0.182. The summed E-state index contributed by atoms with van der Waals surface area (Å²) in [5.74, 6) is -2.81. The van der Waals surface area contributed by atoms with Gasteiger partial charge in [-0.25, -0.2) is 0 Å². The van der Waals surface area contributed by atoms with Gasteiger partial charge in [0, 0.05) is 12.1 Å². The highest BCUT2D eigenvalue weighted by Crippen LogP contribution is 2.20. The van der Waals surface area contributed by atoms with Crippen LogP contribution in [0.3, 0.4) is 0 Å². The van der Waals surface area contributed by atoms with E-state index in [1.54, 1.807) is 24.3 Å². The Morgan fingerprint density at radius 3 is 2.71 bits per heavy atom. The van der Waals surface area contributed by atoms with Gasteiger partial charge < -0.3 is 14.7 Å². The smallest absolute Gasteiger partial charge is 0.317 e. The van der Waals surface area contributed by atoms with Crippen molar-refractivity contribution in [1.29, 1.82) is 0 Å². The van der Waals surface area contributed by atoms with Crippen molar-refractivity contribution in [3.8, 4) is 11.6 Å². The number of carboxylic acid groups (broad SMARTS) is 1. The molecule has 2 rings (SSSR count). The summed E-state index contributed by atoms with van der Waals surface area (Å²) in [7, 11) is 0. The molecule has 0 saturated heterocycles. The van der Waals surface area contributed by atoms with Crippen LogP contribution >= 0.6 is 0 Å². The van der Waals surface area contributed by atoms with Crippen LogP contribution in [-0.2, 0) is 4.79 Å². The SMILES string of the molecule is CC(C(=O)O)c1c([O-])on[n+]1-c1ccccc1.